The van der Waals surface area contributed by atoms with Gasteiger partial charge in [-0.2, -0.15) is 25.4 Å². The van der Waals surface area contributed by atoms with Gasteiger partial charge in [0.25, 0.3) is 10.2 Å². The zero-order valence-electron chi connectivity index (χ0n) is 8.07. The van der Waals surface area contributed by atoms with Crippen LogP contribution in [0.2, 0.25) is 0 Å². The Bertz CT molecular complexity index is 311. The first-order valence-corrected chi connectivity index (χ1v) is 7.01. The van der Waals surface area contributed by atoms with Crippen molar-refractivity contribution in [2.24, 2.45) is 5.41 Å². The van der Waals surface area contributed by atoms with E-state index in [1.54, 1.807) is 4.31 Å². The van der Waals surface area contributed by atoms with E-state index in [-0.39, 0.29) is 5.41 Å². The highest BCUT2D eigenvalue weighted by Crippen LogP contribution is 2.47. The Kier molecular flexibility index (Phi) is 2.81. The van der Waals surface area contributed by atoms with E-state index < -0.39 is 10.2 Å². The topological polar surface area (TPSA) is 49.4 Å². The maximum Gasteiger partial charge on any atom is 0.279 e. The quantitative estimate of drug-likeness (QED) is 0.690. The Labute approximate surface area is 90.6 Å². The molecule has 0 aromatic carbocycles. The molecule has 1 saturated carbocycles. The first kappa shape index (κ1) is 10.7. The van der Waals surface area contributed by atoms with Gasteiger partial charge in [-0.3, -0.25) is 0 Å². The maximum atomic E-state index is 11.6. The Morgan fingerprint density at radius 3 is 2.64 bits per heavy atom. The Morgan fingerprint density at radius 2 is 2.14 bits per heavy atom. The zero-order valence-corrected chi connectivity index (χ0v) is 9.78. The van der Waals surface area contributed by atoms with E-state index in [9.17, 15) is 8.42 Å². The molecule has 2 rings (SSSR count). The lowest BCUT2D eigenvalue weighted by atomic mass is 10.1. The minimum atomic E-state index is -3.18. The summed E-state index contributed by atoms with van der Waals surface area (Å²) in [6.45, 7) is 1.88. The lowest BCUT2D eigenvalue weighted by Crippen LogP contribution is -2.49. The smallest absolute Gasteiger partial charge is 0.202 e. The van der Waals surface area contributed by atoms with Gasteiger partial charge in [-0.05, 0) is 30.4 Å². The highest BCUT2D eigenvalue weighted by Gasteiger charge is 2.45. The Hall–Kier alpha value is 0.220. The molecule has 0 atom stereocenters. The second-order valence-corrected chi connectivity index (χ2v) is 6.32. The fourth-order valence-electron chi connectivity index (χ4n) is 1.75. The molecule has 4 nitrogen and oxygen atoms in total. The van der Waals surface area contributed by atoms with E-state index in [4.69, 9.17) is 0 Å². The molecule has 0 amide bonds. The third-order valence-electron chi connectivity index (χ3n) is 3.01. The molecule has 0 bridgehead atoms. The van der Waals surface area contributed by atoms with Gasteiger partial charge < -0.3 is 0 Å². The van der Waals surface area contributed by atoms with Crippen LogP contribution in [-0.2, 0) is 10.2 Å². The summed E-state index contributed by atoms with van der Waals surface area (Å²) in [7, 11) is -3.18. The van der Waals surface area contributed by atoms with E-state index in [2.05, 4.69) is 17.4 Å². The van der Waals surface area contributed by atoms with Gasteiger partial charge in [-0.1, -0.05) is 0 Å². The van der Waals surface area contributed by atoms with Gasteiger partial charge in [-0.25, -0.2) is 4.72 Å². The van der Waals surface area contributed by atoms with Crippen LogP contribution in [0.3, 0.4) is 0 Å². The van der Waals surface area contributed by atoms with Crippen molar-refractivity contribution in [1.82, 2.24) is 9.03 Å². The van der Waals surface area contributed by atoms with Gasteiger partial charge >= 0.3 is 0 Å². The number of hydrogen-bond acceptors (Lipinski definition) is 3. The summed E-state index contributed by atoms with van der Waals surface area (Å²) < 4.78 is 27.3. The normalized spacial score (nSPS) is 30.1. The Morgan fingerprint density at radius 1 is 1.43 bits per heavy atom. The fraction of sp³-hybridized carbons (Fsp3) is 1.00. The summed E-state index contributed by atoms with van der Waals surface area (Å²) in [5.74, 6) is 0.791. The maximum absolute atomic E-state index is 11.6. The van der Waals surface area contributed by atoms with Gasteiger partial charge in [-0.15, -0.1) is 0 Å². The molecule has 0 unspecified atom stereocenters. The summed E-state index contributed by atoms with van der Waals surface area (Å²) in [4.78, 5) is 0. The van der Waals surface area contributed by atoms with Crippen LogP contribution in [0.25, 0.3) is 0 Å². The number of thiol groups is 1. The summed E-state index contributed by atoms with van der Waals surface area (Å²) in [6, 6.07) is 0. The van der Waals surface area contributed by atoms with E-state index in [0.29, 0.717) is 19.6 Å². The van der Waals surface area contributed by atoms with E-state index in [1.165, 1.54) is 0 Å². The van der Waals surface area contributed by atoms with E-state index in [1.807, 2.05) is 0 Å². The van der Waals surface area contributed by atoms with Crippen molar-refractivity contribution in [3.63, 3.8) is 0 Å². The van der Waals surface area contributed by atoms with E-state index in [0.717, 1.165) is 25.0 Å². The third kappa shape index (κ3) is 2.08. The van der Waals surface area contributed by atoms with Crippen molar-refractivity contribution < 1.29 is 8.42 Å². The molecule has 6 heteroatoms. The van der Waals surface area contributed by atoms with Crippen LogP contribution in [0.5, 0.6) is 0 Å². The van der Waals surface area contributed by atoms with Crippen molar-refractivity contribution in [2.45, 2.75) is 19.3 Å². The minimum absolute atomic E-state index is 0.176. The molecule has 1 N–H and O–H groups in total. The summed E-state index contributed by atoms with van der Waals surface area (Å²) in [5.41, 5.74) is 0.176. The molecule has 1 saturated heterocycles. The summed E-state index contributed by atoms with van der Waals surface area (Å²) in [5, 5.41) is 0. The number of rotatable bonds is 3. The average Bonchev–Trinajstić information content (AvgIpc) is 2.90. The van der Waals surface area contributed by atoms with Crippen LogP contribution < -0.4 is 4.72 Å². The summed E-state index contributed by atoms with van der Waals surface area (Å²) >= 11 is 4.28. The molecule has 1 aliphatic carbocycles. The molecule has 0 radical (unpaired) electrons. The second-order valence-electron chi connectivity index (χ2n) is 4.24. The molecule has 82 valence electrons. The van der Waals surface area contributed by atoms with Crippen LogP contribution >= 0.6 is 12.6 Å². The minimum Gasteiger partial charge on any atom is -0.202 e. The predicted molar refractivity (Wildman–Crippen MR) is 58.6 cm³/mol. The van der Waals surface area contributed by atoms with E-state index >= 15 is 0 Å². The molecular weight excluding hydrogens is 220 g/mol. The molecule has 14 heavy (non-hydrogen) atoms. The van der Waals surface area contributed by atoms with Gasteiger partial charge in [0.05, 0.1) is 0 Å². The predicted octanol–water partition coefficient (Wildman–Crippen LogP) is 0.236. The molecule has 0 spiro atoms. The van der Waals surface area contributed by atoms with Crippen LogP contribution in [0.4, 0.5) is 0 Å². The molecule has 1 aliphatic heterocycles. The van der Waals surface area contributed by atoms with Gasteiger partial charge in [0, 0.05) is 19.6 Å². The first-order valence-electron chi connectivity index (χ1n) is 4.94. The fourth-order valence-corrected chi connectivity index (χ4v) is 3.56. The largest absolute Gasteiger partial charge is 0.279 e. The number of nitrogens with one attached hydrogen (secondary N) is 1. The lowest BCUT2D eigenvalue weighted by Gasteiger charge is -2.29. The standard InChI is InChI=1S/C8H16N2O2S2/c11-14(12)9-4-1-5-10(14)6-8(7-13)2-3-8/h9,13H,1-7H2. The number of hydrogen-bond donors (Lipinski definition) is 2. The number of nitrogens with zero attached hydrogens (tertiary/aromatic N) is 1. The van der Waals surface area contributed by atoms with Gasteiger partial charge in [0.1, 0.15) is 0 Å². The molecule has 2 aliphatic rings. The van der Waals surface area contributed by atoms with Crippen molar-refractivity contribution in [3.8, 4) is 0 Å². The average molecular weight is 236 g/mol. The molecular formula is C8H16N2O2S2. The van der Waals surface area contributed by atoms with Crippen molar-refractivity contribution >= 4 is 22.8 Å². The van der Waals surface area contributed by atoms with Gasteiger partial charge in [0.15, 0.2) is 0 Å². The SMILES string of the molecule is O=S1(=O)NCCCN1CC1(CS)CC1. The highest BCUT2D eigenvalue weighted by molar-refractivity contribution is 7.87. The van der Waals surface area contributed by atoms with Crippen LogP contribution in [0, 0.1) is 5.41 Å². The summed E-state index contributed by atoms with van der Waals surface area (Å²) in [6.07, 6.45) is 3.13. The molecule has 0 aromatic rings. The molecule has 0 aromatic heterocycles. The third-order valence-corrected chi connectivity index (χ3v) is 5.24. The van der Waals surface area contributed by atoms with Gasteiger partial charge in [0.2, 0.25) is 0 Å². The van der Waals surface area contributed by atoms with Crippen molar-refractivity contribution in [3.05, 3.63) is 0 Å². The second kappa shape index (κ2) is 3.66. The Balaban J connectivity index is 2.03. The molecule has 2 fully saturated rings. The first-order chi connectivity index (χ1) is 6.58. The lowest BCUT2D eigenvalue weighted by molar-refractivity contribution is 0.323. The van der Waals surface area contributed by atoms with Crippen molar-refractivity contribution in [2.75, 3.05) is 25.4 Å². The van der Waals surface area contributed by atoms with Crippen LogP contribution in [0.15, 0.2) is 0 Å². The molecule has 1 heterocycles. The highest BCUT2D eigenvalue weighted by atomic mass is 32.2. The zero-order chi connectivity index (χ0) is 10.2. The van der Waals surface area contributed by atoms with Crippen LogP contribution in [0.1, 0.15) is 19.3 Å². The van der Waals surface area contributed by atoms with Crippen LogP contribution in [-0.4, -0.2) is 38.1 Å². The monoisotopic (exact) mass is 236 g/mol. The van der Waals surface area contributed by atoms with Crippen molar-refractivity contribution in [1.29, 1.82) is 0 Å².